The molecule has 0 bridgehead atoms. The second-order valence-corrected chi connectivity index (χ2v) is 8.84. The Balaban J connectivity index is 1.27. The van der Waals surface area contributed by atoms with Gasteiger partial charge < -0.3 is 15.5 Å². The average molecular weight is 410 g/mol. The first kappa shape index (κ1) is 20.0. The summed E-state index contributed by atoms with van der Waals surface area (Å²) in [7, 11) is 0. The van der Waals surface area contributed by atoms with E-state index in [1.54, 1.807) is 4.90 Å². The fraction of sp³-hybridized carbons (Fsp3) is 0.650. The largest absolute Gasteiger partial charge is 0.433 e. The van der Waals surface area contributed by atoms with Crippen molar-refractivity contribution in [3.8, 4) is 0 Å². The van der Waals surface area contributed by atoms with Crippen LogP contribution in [0.25, 0.3) is 0 Å². The number of rotatable bonds is 3. The molecule has 1 saturated carbocycles. The summed E-state index contributed by atoms with van der Waals surface area (Å²) >= 11 is 0. The summed E-state index contributed by atoms with van der Waals surface area (Å²) in [5.41, 5.74) is 5.42. The highest BCUT2D eigenvalue weighted by Crippen LogP contribution is 2.49. The van der Waals surface area contributed by atoms with Crippen LogP contribution in [0.4, 0.5) is 18.0 Å². The van der Waals surface area contributed by atoms with Crippen molar-refractivity contribution in [3.63, 3.8) is 0 Å². The van der Waals surface area contributed by atoms with Crippen LogP contribution in [0.1, 0.15) is 36.9 Å². The number of hydrogen-bond donors (Lipinski definition) is 1. The van der Waals surface area contributed by atoms with E-state index < -0.39 is 11.9 Å². The number of likely N-dealkylation sites (tertiary alicyclic amines) is 2. The molecular weight excluding hydrogens is 385 g/mol. The zero-order chi connectivity index (χ0) is 20.8. The third-order valence-corrected chi connectivity index (χ3v) is 6.63. The van der Waals surface area contributed by atoms with Gasteiger partial charge in [0.25, 0.3) is 0 Å². The molecule has 0 radical (unpaired) electrons. The second kappa shape index (κ2) is 7.18. The molecule has 3 fully saturated rings. The Kier molecular flexibility index (Phi) is 4.94. The maximum absolute atomic E-state index is 12.6. The van der Waals surface area contributed by atoms with E-state index in [-0.39, 0.29) is 23.3 Å². The van der Waals surface area contributed by atoms with Gasteiger partial charge in [-0.3, -0.25) is 9.78 Å². The molecule has 2 N–H and O–H groups in total. The van der Waals surface area contributed by atoms with Crippen LogP contribution in [-0.2, 0) is 17.4 Å². The SMILES string of the molecule is NC(=O)[C@H]1CCN(C(=O)N2CC3(CCC(Cc4ccc(C(F)(F)F)nc4)C3)C2)C1. The maximum Gasteiger partial charge on any atom is 0.433 e. The van der Waals surface area contributed by atoms with Crippen LogP contribution in [0.15, 0.2) is 18.3 Å². The van der Waals surface area contributed by atoms with Gasteiger partial charge in [-0.25, -0.2) is 4.79 Å². The highest BCUT2D eigenvalue weighted by molar-refractivity contribution is 5.80. The number of amides is 3. The van der Waals surface area contributed by atoms with Crippen LogP contribution in [0.2, 0.25) is 0 Å². The van der Waals surface area contributed by atoms with Gasteiger partial charge in [-0.15, -0.1) is 0 Å². The number of alkyl halides is 3. The number of aromatic nitrogens is 1. The van der Waals surface area contributed by atoms with Gasteiger partial charge in [-0.2, -0.15) is 13.2 Å². The van der Waals surface area contributed by atoms with Crippen molar-refractivity contribution >= 4 is 11.9 Å². The molecular formula is C20H25F3N4O2. The molecule has 6 nitrogen and oxygen atoms in total. The fourth-order valence-electron chi connectivity index (χ4n) is 5.10. The average Bonchev–Trinajstić information content (AvgIpc) is 3.27. The molecule has 0 aromatic carbocycles. The zero-order valence-corrected chi connectivity index (χ0v) is 16.1. The smallest absolute Gasteiger partial charge is 0.369 e. The quantitative estimate of drug-likeness (QED) is 0.832. The van der Waals surface area contributed by atoms with Gasteiger partial charge in [-0.1, -0.05) is 6.07 Å². The molecule has 29 heavy (non-hydrogen) atoms. The minimum absolute atomic E-state index is 0.0187. The van der Waals surface area contributed by atoms with Crippen molar-refractivity contribution in [1.29, 1.82) is 0 Å². The molecule has 3 amide bonds. The molecule has 1 unspecified atom stereocenters. The Hall–Kier alpha value is -2.32. The van der Waals surface area contributed by atoms with Gasteiger partial charge in [0.1, 0.15) is 5.69 Å². The molecule has 1 spiro atoms. The zero-order valence-electron chi connectivity index (χ0n) is 16.1. The van der Waals surface area contributed by atoms with E-state index in [0.29, 0.717) is 44.9 Å². The fourth-order valence-corrected chi connectivity index (χ4v) is 5.10. The molecule has 1 aliphatic carbocycles. The first-order valence-corrected chi connectivity index (χ1v) is 10.0. The molecule has 3 aliphatic rings. The summed E-state index contributed by atoms with van der Waals surface area (Å²) in [5.74, 6) is -0.198. The number of halogens is 3. The normalized spacial score (nSPS) is 26.0. The summed E-state index contributed by atoms with van der Waals surface area (Å²) in [6.45, 7) is 2.40. The number of primary amides is 1. The number of nitrogens with zero attached hydrogens (tertiary/aromatic N) is 3. The Bertz CT molecular complexity index is 790. The molecule has 9 heteroatoms. The van der Waals surface area contributed by atoms with Crippen molar-refractivity contribution in [2.75, 3.05) is 26.2 Å². The van der Waals surface area contributed by atoms with Gasteiger partial charge >= 0.3 is 12.2 Å². The van der Waals surface area contributed by atoms with Crippen LogP contribution in [0, 0.1) is 17.3 Å². The van der Waals surface area contributed by atoms with Crippen molar-refractivity contribution in [1.82, 2.24) is 14.8 Å². The van der Waals surface area contributed by atoms with Crippen LogP contribution in [0.5, 0.6) is 0 Å². The topological polar surface area (TPSA) is 79.5 Å². The van der Waals surface area contributed by atoms with Crippen LogP contribution < -0.4 is 5.73 Å². The molecule has 2 atom stereocenters. The molecule has 2 saturated heterocycles. The Labute approximate surface area is 167 Å². The van der Waals surface area contributed by atoms with Gasteiger partial charge in [0.05, 0.1) is 5.92 Å². The van der Waals surface area contributed by atoms with Crippen molar-refractivity contribution in [2.24, 2.45) is 23.0 Å². The number of carbonyl (C=O) groups excluding carboxylic acids is 2. The van der Waals surface area contributed by atoms with Crippen LogP contribution in [-0.4, -0.2) is 52.9 Å². The first-order chi connectivity index (χ1) is 13.7. The lowest BCUT2D eigenvalue weighted by Gasteiger charge is -2.49. The Morgan fingerprint density at radius 1 is 1.21 bits per heavy atom. The second-order valence-electron chi connectivity index (χ2n) is 8.84. The third-order valence-electron chi connectivity index (χ3n) is 6.63. The summed E-state index contributed by atoms with van der Waals surface area (Å²) in [4.78, 5) is 31.0. The van der Waals surface area contributed by atoms with E-state index >= 15 is 0 Å². The van der Waals surface area contributed by atoms with Crippen LogP contribution >= 0.6 is 0 Å². The van der Waals surface area contributed by atoms with E-state index in [0.717, 1.165) is 30.9 Å². The van der Waals surface area contributed by atoms with Crippen molar-refractivity contribution in [3.05, 3.63) is 29.6 Å². The first-order valence-electron chi connectivity index (χ1n) is 10.0. The number of urea groups is 1. The Morgan fingerprint density at radius 2 is 1.97 bits per heavy atom. The number of pyridine rings is 1. The van der Waals surface area contributed by atoms with Crippen molar-refractivity contribution < 1.29 is 22.8 Å². The predicted molar refractivity (Wildman–Crippen MR) is 98.6 cm³/mol. The predicted octanol–water partition coefficient (Wildman–Crippen LogP) is 2.67. The summed E-state index contributed by atoms with van der Waals surface area (Å²) in [5, 5.41) is 0. The monoisotopic (exact) mass is 410 g/mol. The maximum atomic E-state index is 12.6. The highest BCUT2D eigenvalue weighted by Gasteiger charge is 2.50. The van der Waals surface area contributed by atoms with Crippen LogP contribution in [0.3, 0.4) is 0 Å². The standard InChI is InChI=1S/C20H25F3N4O2/c21-20(22,23)16-2-1-14(9-25-16)7-13-3-5-19(8-13)11-27(12-19)18(29)26-6-4-15(10-26)17(24)28/h1-2,9,13,15H,3-8,10-12H2,(H2,24,28)/t13?,15-/m0/s1. The third kappa shape index (κ3) is 4.04. The lowest BCUT2D eigenvalue weighted by Crippen LogP contribution is -2.60. The van der Waals surface area contributed by atoms with E-state index in [4.69, 9.17) is 5.73 Å². The summed E-state index contributed by atoms with van der Waals surface area (Å²) in [6, 6.07) is 2.54. The van der Waals surface area contributed by atoms with Gasteiger partial charge in [-0.05, 0) is 49.7 Å². The van der Waals surface area contributed by atoms with Gasteiger partial charge in [0, 0.05) is 37.8 Å². The molecule has 3 heterocycles. The number of hydrogen-bond acceptors (Lipinski definition) is 3. The van der Waals surface area contributed by atoms with E-state index in [1.807, 2.05) is 4.90 Å². The number of nitrogens with two attached hydrogens (primary N) is 1. The van der Waals surface area contributed by atoms with E-state index in [1.165, 1.54) is 12.3 Å². The lowest BCUT2D eigenvalue weighted by atomic mass is 9.77. The van der Waals surface area contributed by atoms with E-state index in [9.17, 15) is 22.8 Å². The summed E-state index contributed by atoms with van der Waals surface area (Å²) < 4.78 is 37.9. The van der Waals surface area contributed by atoms with Gasteiger partial charge in [0.2, 0.25) is 5.91 Å². The number of carbonyl (C=O) groups is 2. The molecule has 1 aromatic heterocycles. The minimum Gasteiger partial charge on any atom is -0.369 e. The summed E-state index contributed by atoms with van der Waals surface area (Å²) in [6.07, 6.45) is 1.27. The molecule has 158 valence electrons. The molecule has 4 rings (SSSR count). The molecule has 2 aliphatic heterocycles. The van der Waals surface area contributed by atoms with Crippen molar-refractivity contribution in [2.45, 2.75) is 38.3 Å². The molecule has 1 aromatic rings. The lowest BCUT2D eigenvalue weighted by molar-refractivity contribution is -0.141. The van der Waals surface area contributed by atoms with Gasteiger partial charge in [0.15, 0.2) is 0 Å². The minimum atomic E-state index is -4.41. The van der Waals surface area contributed by atoms with E-state index in [2.05, 4.69) is 4.98 Å². The highest BCUT2D eigenvalue weighted by atomic mass is 19.4. The Morgan fingerprint density at radius 3 is 2.55 bits per heavy atom.